The molecule has 4 rings (SSSR count). The van der Waals surface area contributed by atoms with Crippen LogP contribution in [0.5, 0.6) is 23.0 Å². The average Bonchev–Trinajstić information content (AvgIpc) is 2.71. The summed E-state index contributed by atoms with van der Waals surface area (Å²) in [6.07, 6.45) is 0. The van der Waals surface area contributed by atoms with Crippen LogP contribution < -0.4 is 19.5 Å². The lowest BCUT2D eigenvalue weighted by Gasteiger charge is -2.27. The minimum absolute atomic E-state index is 0.145. The summed E-state index contributed by atoms with van der Waals surface area (Å²) in [6.45, 7) is 0. The van der Waals surface area contributed by atoms with Crippen LogP contribution in [0, 0.1) is 0 Å². The summed E-state index contributed by atoms with van der Waals surface area (Å²) < 4.78 is 16.5. The summed E-state index contributed by atoms with van der Waals surface area (Å²) in [5.41, 5.74) is 2.28. The number of hydrogen-bond acceptors (Lipinski definition) is 4. The molecule has 1 N–H and O–H groups in total. The molecule has 3 aromatic carbocycles. The highest BCUT2D eigenvalue weighted by molar-refractivity contribution is 5.99. The van der Waals surface area contributed by atoms with E-state index in [-0.39, 0.29) is 5.91 Å². The number of fused-ring (bicyclic) bond motifs is 2. The zero-order valence-corrected chi connectivity index (χ0v) is 15.1. The largest absolute Gasteiger partial charge is 0.497 e. The fourth-order valence-electron chi connectivity index (χ4n) is 3.29. The Labute approximate surface area is 157 Å². The first-order valence-electron chi connectivity index (χ1n) is 8.59. The number of para-hydroxylation sites is 2. The van der Waals surface area contributed by atoms with Gasteiger partial charge in [0, 0.05) is 35.0 Å². The van der Waals surface area contributed by atoms with Crippen LogP contribution in [0.3, 0.4) is 0 Å². The van der Waals surface area contributed by atoms with Crippen molar-refractivity contribution in [3.63, 3.8) is 0 Å². The van der Waals surface area contributed by atoms with Gasteiger partial charge >= 0.3 is 0 Å². The molecule has 27 heavy (non-hydrogen) atoms. The molecule has 136 valence electrons. The quantitative estimate of drug-likeness (QED) is 0.739. The molecule has 0 radical (unpaired) electrons. The van der Waals surface area contributed by atoms with Crippen molar-refractivity contribution in [2.24, 2.45) is 0 Å². The van der Waals surface area contributed by atoms with E-state index in [4.69, 9.17) is 14.2 Å². The lowest BCUT2D eigenvalue weighted by molar-refractivity contribution is -0.116. The first kappa shape index (κ1) is 17.0. The zero-order chi connectivity index (χ0) is 18.8. The van der Waals surface area contributed by atoms with Crippen LogP contribution in [0.2, 0.25) is 0 Å². The highest BCUT2D eigenvalue weighted by atomic mass is 16.5. The third kappa shape index (κ3) is 3.19. The molecule has 0 atom stereocenters. The van der Waals surface area contributed by atoms with Gasteiger partial charge in [-0.15, -0.1) is 0 Å². The van der Waals surface area contributed by atoms with Gasteiger partial charge in [0.2, 0.25) is 5.91 Å². The molecule has 0 fully saturated rings. The Bertz CT molecular complexity index is 931. The third-order valence-corrected chi connectivity index (χ3v) is 4.56. The highest BCUT2D eigenvalue weighted by Crippen LogP contribution is 2.44. The van der Waals surface area contributed by atoms with Crippen LogP contribution in [0.25, 0.3) is 0 Å². The highest BCUT2D eigenvalue weighted by Gasteiger charge is 2.32. The Balaban J connectivity index is 1.72. The predicted octanol–water partition coefficient (Wildman–Crippen LogP) is 4.58. The van der Waals surface area contributed by atoms with Crippen LogP contribution in [0.1, 0.15) is 17.0 Å². The number of nitrogens with one attached hydrogen (secondary N) is 1. The first-order valence-corrected chi connectivity index (χ1v) is 8.59. The summed E-state index contributed by atoms with van der Waals surface area (Å²) in [4.78, 5) is 13.2. The predicted molar refractivity (Wildman–Crippen MR) is 103 cm³/mol. The average molecular weight is 361 g/mol. The van der Waals surface area contributed by atoms with E-state index < -0.39 is 5.92 Å². The number of ether oxygens (including phenoxy) is 3. The maximum absolute atomic E-state index is 13.2. The lowest BCUT2D eigenvalue weighted by atomic mass is 9.87. The standard InChI is InChI=1S/C22H19NO4/c1-25-15-11-14(12-16(13-15)26-2)23-22(24)21-17-7-3-5-9-19(17)27-20-10-6-4-8-18(20)21/h3-13,21H,1-2H3,(H,23,24). The van der Waals surface area contributed by atoms with Crippen LogP contribution in [-0.4, -0.2) is 20.1 Å². The number of benzene rings is 3. The molecule has 1 aliphatic rings. The van der Waals surface area contributed by atoms with E-state index in [1.807, 2.05) is 48.5 Å². The molecule has 5 nitrogen and oxygen atoms in total. The van der Waals surface area contributed by atoms with Crippen molar-refractivity contribution in [2.75, 3.05) is 19.5 Å². The topological polar surface area (TPSA) is 56.8 Å². The van der Waals surface area contributed by atoms with Crippen LogP contribution in [-0.2, 0) is 4.79 Å². The maximum Gasteiger partial charge on any atom is 0.236 e. The molecule has 0 saturated heterocycles. The van der Waals surface area contributed by atoms with E-state index in [0.717, 1.165) is 11.1 Å². The number of methoxy groups -OCH3 is 2. The molecule has 3 aromatic rings. The van der Waals surface area contributed by atoms with E-state index in [9.17, 15) is 4.79 Å². The number of hydrogen-bond donors (Lipinski definition) is 1. The van der Waals surface area contributed by atoms with Crippen molar-refractivity contribution < 1.29 is 19.0 Å². The van der Waals surface area contributed by atoms with Gasteiger partial charge in [-0.2, -0.15) is 0 Å². The van der Waals surface area contributed by atoms with E-state index >= 15 is 0 Å². The van der Waals surface area contributed by atoms with Gasteiger partial charge < -0.3 is 19.5 Å². The van der Waals surface area contributed by atoms with Crippen LogP contribution >= 0.6 is 0 Å². The minimum atomic E-state index is -0.469. The van der Waals surface area contributed by atoms with E-state index in [1.54, 1.807) is 32.4 Å². The number of carbonyl (C=O) groups is 1. The summed E-state index contributed by atoms with van der Waals surface area (Å²) >= 11 is 0. The Morgan fingerprint density at radius 3 is 1.89 bits per heavy atom. The van der Waals surface area contributed by atoms with Gasteiger partial charge in [-0.05, 0) is 12.1 Å². The van der Waals surface area contributed by atoms with Gasteiger partial charge in [0.25, 0.3) is 0 Å². The summed E-state index contributed by atoms with van der Waals surface area (Å²) in [5.74, 6) is 1.99. The third-order valence-electron chi connectivity index (χ3n) is 4.56. The van der Waals surface area contributed by atoms with Crippen LogP contribution in [0.4, 0.5) is 5.69 Å². The molecule has 1 amide bonds. The summed E-state index contributed by atoms with van der Waals surface area (Å²) in [7, 11) is 3.15. The zero-order valence-electron chi connectivity index (χ0n) is 15.1. The van der Waals surface area contributed by atoms with Crippen molar-refractivity contribution in [1.82, 2.24) is 0 Å². The molecule has 0 aromatic heterocycles. The van der Waals surface area contributed by atoms with Crippen molar-refractivity contribution in [3.05, 3.63) is 77.9 Å². The first-order chi connectivity index (χ1) is 13.2. The van der Waals surface area contributed by atoms with Crippen molar-refractivity contribution in [2.45, 2.75) is 5.92 Å². The number of carbonyl (C=O) groups excluding carboxylic acids is 1. The second-order valence-corrected chi connectivity index (χ2v) is 6.20. The molecular formula is C22H19NO4. The molecule has 0 saturated carbocycles. The number of amides is 1. The second-order valence-electron chi connectivity index (χ2n) is 6.20. The summed E-state index contributed by atoms with van der Waals surface area (Å²) in [6, 6.07) is 20.5. The van der Waals surface area contributed by atoms with Crippen molar-refractivity contribution in [3.8, 4) is 23.0 Å². The fraction of sp³-hybridized carbons (Fsp3) is 0.136. The Hall–Kier alpha value is -3.47. The smallest absolute Gasteiger partial charge is 0.236 e. The van der Waals surface area contributed by atoms with E-state index in [0.29, 0.717) is 28.7 Å². The second kappa shape index (κ2) is 7.03. The van der Waals surface area contributed by atoms with Gasteiger partial charge in [-0.1, -0.05) is 36.4 Å². The monoisotopic (exact) mass is 361 g/mol. The molecule has 0 spiro atoms. The summed E-state index contributed by atoms with van der Waals surface area (Å²) in [5, 5.41) is 2.99. The normalized spacial score (nSPS) is 12.4. The van der Waals surface area contributed by atoms with E-state index in [2.05, 4.69) is 5.32 Å². The minimum Gasteiger partial charge on any atom is -0.497 e. The van der Waals surface area contributed by atoms with Crippen molar-refractivity contribution >= 4 is 11.6 Å². The molecular weight excluding hydrogens is 342 g/mol. The Morgan fingerprint density at radius 1 is 0.852 bits per heavy atom. The van der Waals surface area contributed by atoms with Crippen molar-refractivity contribution in [1.29, 1.82) is 0 Å². The maximum atomic E-state index is 13.2. The van der Waals surface area contributed by atoms with Gasteiger partial charge in [0.05, 0.1) is 20.1 Å². The van der Waals surface area contributed by atoms with Gasteiger partial charge in [-0.25, -0.2) is 0 Å². The Morgan fingerprint density at radius 2 is 1.37 bits per heavy atom. The molecule has 1 aliphatic heterocycles. The SMILES string of the molecule is COc1cc(NC(=O)C2c3ccccc3Oc3ccccc32)cc(OC)c1. The van der Waals surface area contributed by atoms with Gasteiger partial charge in [0.15, 0.2) is 0 Å². The molecule has 0 unspecified atom stereocenters. The number of anilines is 1. The Kier molecular flexibility index (Phi) is 4.42. The molecule has 0 aliphatic carbocycles. The van der Waals surface area contributed by atoms with Gasteiger partial charge in [-0.3, -0.25) is 4.79 Å². The molecule has 1 heterocycles. The lowest BCUT2D eigenvalue weighted by Crippen LogP contribution is -2.25. The molecule has 0 bridgehead atoms. The van der Waals surface area contributed by atoms with Gasteiger partial charge in [0.1, 0.15) is 23.0 Å². The van der Waals surface area contributed by atoms with E-state index in [1.165, 1.54) is 0 Å². The number of rotatable bonds is 4. The van der Waals surface area contributed by atoms with Crippen LogP contribution in [0.15, 0.2) is 66.7 Å². The molecule has 5 heteroatoms. The fourth-order valence-corrected chi connectivity index (χ4v) is 3.29.